The third kappa shape index (κ3) is 2.08. The average Bonchev–Trinajstić information content (AvgIpc) is 2.59. The minimum atomic E-state index is -4.38. The second-order valence-electron chi connectivity index (χ2n) is 3.53. The van der Waals surface area contributed by atoms with Crippen molar-refractivity contribution < 1.29 is 13.2 Å². The van der Waals surface area contributed by atoms with Crippen LogP contribution in [0.15, 0.2) is 24.3 Å². The van der Waals surface area contributed by atoms with Gasteiger partial charge in [0, 0.05) is 12.6 Å². The van der Waals surface area contributed by atoms with E-state index >= 15 is 0 Å². The molecule has 7 heteroatoms. The van der Waals surface area contributed by atoms with E-state index in [1.165, 1.54) is 16.8 Å². The molecule has 0 fully saturated rings. The molecule has 0 radical (unpaired) electrons. The van der Waals surface area contributed by atoms with E-state index in [0.717, 1.165) is 12.1 Å². The first-order chi connectivity index (χ1) is 7.89. The van der Waals surface area contributed by atoms with Crippen molar-refractivity contribution in [2.24, 2.45) is 7.05 Å². The first kappa shape index (κ1) is 11.4. The maximum absolute atomic E-state index is 12.5. The molecule has 0 spiro atoms. The number of anilines is 1. The molecule has 0 aliphatic rings. The summed E-state index contributed by atoms with van der Waals surface area (Å²) in [5.74, 6) is 0.226. The Morgan fingerprint density at radius 3 is 2.53 bits per heavy atom. The van der Waals surface area contributed by atoms with Gasteiger partial charge < -0.3 is 5.73 Å². The number of rotatable bonds is 1. The zero-order chi connectivity index (χ0) is 12.6. The highest BCUT2D eigenvalue weighted by Gasteiger charge is 2.30. The van der Waals surface area contributed by atoms with Crippen molar-refractivity contribution in [3.05, 3.63) is 29.8 Å². The van der Waals surface area contributed by atoms with Gasteiger partial charge >= 0.3 is 6.18 Å². The number of aryl methyl sites for hydroxylation is 1. The first-order valence-electron chi connectivity index (χ1n) is 4.72. The maximum Gasteiger partial charge on any atom is 0.416 e. The van der Waals surface area contributed by atoms with Crippen LogP contribution in [0, 0.1) is 0 Å². The molecule has 2 N–H and O–H groups in total. The summed E-state index contributed by atoms with van der Waals surface area (Å²) in [6, 6.07) is 4.82. The number of nitrogens with zero attached hydrogens (tertiary/aromatic N) is 3. The molecule has 90 valence electrons. The number of nitrogens with two attached hydrogens (primary N) is 1. The lowest BCUT2D eigenvalue weighted by molar-refractivity contribution is -0.137. The molecule has 2 aromatic rings. The van der Waals surface area contributed by atoms with E-state index in [1.807, 2.05) is 0 Å². The van der Waals surface area contributed by atoms with Gasteiger partial charge in [0.1, 0.15) is 11.5 Å². The van der Waals surface area contributed by atoms with Gasteiger partial charge in [-0.1, -0.05) is 17.3 Å². The molecule has 2 rings (SSSR count). The standard InChI is InChI=1S/C10H9F3N4/c1-17-9(14)8(15-16-17)6-3-2-4-7(5-6)10(11,12)13/h2-5H,14H2,1H3. The largest absolute Gasteiger partial charge is 0.416 e. The van der Waals surface area contributed by atoms with Gasteiger partial charge in [0.15, 0.2) is 0 Å². The molecule has 4 nitrogen and oxygen atoms in total. The van der Waals surface area contributed by atoms with Crippen LogP contribution in [-0.2, 0) is 13.2 Å². The molecule has 0 aliphatic carbocycles. The van der Waals surface area contributed by atoms with Crippen LogP contribution in [0.3, 0.4) is 0 Å². The van der Waals surface area contributed by atoms with Crippen LogP contribution in [0.2, 0.25) is 0 Å². The van der Waals surface area contributed by atoms with E-state index in [9.17, 15) is 13.2 Å². The second-order valence-corrected chi connectivity index (χ2v) is 3.53. The minimum Gasteiger partial charge on any atom is -0.382 e. The molecule has 0 bridgehead atoms. The van der Waals surface area contributed by atoms with Crippen LogP contribution < -0.4 is 5.73 Å². The van der Waals surface area contributed by atoms with E-state index in [0.29, 0.717) is 5.56 Å². The highest BCUT2D eigenvalue weighted by molar-refractivity contribution is 5.70. The first-order valence-corrected chi connectivity index (χ1v) is 4.72. The Kier molecular flexibility index (Phi) is 2.53. The molecule has 0 amide bonds. The van der Waals surface area contributed by atoms with E-state index < -0.39 is 11.7 Å². The Hall–Kier alpha value is -2.05. The van der Waals surface area contributed by atoms with Gasteiger partial charge in [-0.15, -0.1) is 5.10 Å². The van der Waals surface area contributed by atoms with Gasteiger partial charge in [0.2, 0.25) is 0 Å². The van der Waals surface area contributed by atoms with Crippen LogP contribution in [0.1, 0.15) is 5.56 Å². The summed E-state index contributed by atoms with van der Waals surface area (Å²) in [6.45, 7) is 0. The number of alkyl halides is 3. The van der Waals surface area contributed by atoms with Gasteiger partial charge in [-0.3, -0.25) is 0 Å². The maximum atomic E-state index is 12.5. The molecule has 0 aliphatic heterocycles. The molecule has 0 atom stereocenters. The number of nitrogen functional groups attached to an aromatic ring is 1. The summed E-state index contributed by atoms with van der Waals surface area (Å²) >= 11 is 0. The monoisotopic (exact) mass is 242 g/mol. The van der Waals surface area contributed by atoms with Crippen molar-refractivity contribution in [1.82, 2.24) is 15.0 Å². The zero-order valence-corrected chi connectivity index (χ0v) is 8.86. The summed E-state index contributed by atoms with van der Waals surface area (Å²) in [5.41, 5.74) is 5.46. The number of halogens is 3. The van der Waals surface area contributed by atoms with Gasteiger partial charge in [0.05, 0.1) is 5.56 Å². The normalized spacial score (nSPS) is 11.8. The molecular weight excluding hydrogens is 233 g/mol. The highest BCUT2D eigenvalue weighted by atomic mass is 19.4. The van der Waals surface area contributed by atoms with Crippen LogP contribution in [0.4, 0.5) is 19.0 Å². The summed E-state index contributed by atoms with van der Waals surface area (Å²) in [6.07, 6.45) is -4.38. The van der Waals surface area contributed by atoms with Crippen molar-refractivity contribution in [1.29, 1.82) is 0 Å². The lowest BCUT2D eigenvalue weighted by atomic mass is 10.1. The van der Waals surface area contributed by atoms with E-state index in [2.05, 4.69) is 10.3 Å². The highest BCUT2D eigenvalue weighted by Crippen LogP contribution is 2.32. The molecule has 1 heterocycles. The molecule has 1 aromatic carbocycles. The second kappa shape index (κ2) is 3.76. The predicted octanol–water partition coefficient (Wildman–Crippen LogP) is 2.08. The fourth-order valence-corrected chi connectivity index (χ4v) is 1.41. The third-order valence-corrected chi connectivity index (χ3v) is 2.33. The number of aromatic nitrogens is 3. The van der Waals surface area contributed by atoms with Gasteiger partial charge in [0.25, 0.3) is 0 Å². The summed E-state index contributed by atoms with van der Waals surface area (Å²) < 4.78 is 38.9. The molecular formula is C10H9F3N4. The van der Waals surface area contributed by atoms with E-state index in [1.54, 1.807) is 7.05 Å². The minimum absolute atomic E-state index is 0.226. The summed E-state index contributed by atoms with van der Waals surface area (Å²) in [4.78, 5) is 0. The number of benzene rings is 1. The van der Waals surface area contributed by atoms with Crippen LogP contribution in [-0.4, -0.2) is 15.0 Å². The fraction of sp³-hybridized carbons (Fsp3) is 0.200. The Morgan fingerprint density at radius 2 is 2.00 bits per heavy atom. The lowest BCUT2D eigenvalue weighted by Gasteiger charge is -2.07. The molecule has 17 heavy (non-hydrogen) atoms. The Bertz CT molecular complexity index is 545. The van der Waals surface area contributed by atoms with Crippen molar-refractivity contribution in [2.75, 3.05) is 5.73 Å². The Morgan fingerprint density at radius 1 is 1.29 bits per heavy atom. The SMILES string of the molecule is Cn1nnc(-c2cccc(C(F)(F)F)c2)c1N. The van der Waals surface area contributed by atoms with Crippen LogP contribution in [0.25, 0.3) is 11.3 Å². The third-order valence-electron chi connectivity index (χ3n) is 2.33. The molecule has 0 saturated heterocycles. The Labute approximate surface area is 94.9 Å². The van der Waals surface area contributed by atoms with Crippen molar-refractivity contribution >= 4 is 5.82 Å². The zero-order valence-electron chi connectivity index (χ0n) is 8.86. The molecule has 0 unspecified atom stereocenters. The smallest absolute Gasteiger partial charge is 0.382 e. The molecule has 0 saturated carbocycles. The number of hydrogen-bond acceptors (Lipinski definition) is 3. The predicted molar refractivity (Wildman–Crippen MR) is 55.9 cm³/mol. The lowest BCUT2D eigenvalue weighted by Crippen LogP contribution is -2.04. The van der Waals surface area contributed by atoms with Gasteiger partial charge in [-0.05, 0) is 12.1 Å². The molecule has 1 aromatic heterocycles. The quantitative estimate of drug-likeness (QED) is 0.832. The summed E-state index contributed by atoms with van der Waals surface area (Å²) in [5, 5.41) is 7.37. The summed E-state index contributed by atoms with van der Waals surface area (Å²) in [7, 11) is 1.57. The van der Waals surface area contributed by atoms with Crippen molar-refractivity contribution in [3.8, 4) is 11.3 Å². The van der Waals surface area contributed by atoms with Gasteiger partial charge in [-0.2, -0.15) is 13.2 Å². The van der Waals surface area contributed by atoms with Gasteiger partial charge in [-0.25, -0.2) is 4.68 Å². The van der Waals surface area contributed by atoms with E-state index in [4.69, 9.17) is 5.73 Å². The van der Waals surface area contributed by atoms with Crippen LogP contribution in [0.5, 0.6) is 0 Å². The van der Waals surface area contributed by atoms with Crippen LogP contribution >= 0.6 is 0 Å². The van der Waals surface area contributed by atoms with E-state index in [-0.39, 0.29) is 11.5 Å². The average molecular weight is 242 g/mol. The topological polar surface area (TPSA) is 56.7 Å². The number of hydrogen-bond donors (Lipinski definition) is 1. The van der Waals surface area contributed by atoms with Crippen molar-refractivity contribution in [2.45, 2.75) is 6.18 Å². The van der Waals surface area contributed by atoms with Crippen molar-refractivity contribution in [3.63, 3.8) is 0 Å². The fourth-order valence-electron chi connectivity index (χ4n) is 1.41. The Balaban J connectivity index is 2.51.